The highest BCUT2D eigenvalue weighted by atomic mass is 19.1. The average molecular weight is 392 g/mol. The van der Waals surface area contributed by atoms with Crippen LogP contribution in [0.3, 0.4) is 0 Å². The van der Waals surface area contributed by atoms with Gasteiger partial charge in [0, 0.05) is 0 Å². The molecule has 0 saturated heterocycles. The van der Waals surface area contributed by atoms with Crippen LogP contribution < -0.4 is 10.6 Å². The minimum absolute atomic E-state index is 0.0772. The Balaban J connectivity index is 1.58. The number of carbonyl (C=O) groups excluding carboxylic acids is 3. The Kier molecular flexibility index (Phi) is 6.32. The fourth-order valence-electron chi connectivity index (χ4n) is 2.62. The largest absolute Gasteiger partial charge is 0.452 e. The number of esters is 1. The molecule has 0 unspecified atom stereocenters. The van der Waals surface area contributed by atoms with Crippen LogP contribution >= 0.6 is 0 Å². The van der Waals surface area contributed by atoms with Crippen molar-refractivity contribution in [1.82, 2.24) is 5.32 Å². The molecule has 6 nitrogen and oxygen atoms in total. The molecular weight excluding hydrogens is 375 g/mol. The molecule has 0 atom stereocenters. The standard InChI is InChI=1S/C22H17FN2O4/c23-18-12-6-7-13-19(18)24-22(28)25-20(26)14-29-21(27)17-11-5-4-10-16(17)15-8-2-1-3-9-15/h1-13H,14H2,(H2,24,25,26,28). The lowest BCUT2D eigenvalue weighted by Gasteiger charge is -2.10. The Morgan fingerprint density at radius 3 is 2.24 bits per heavy atom. The van der Waals surface area contributed by atoms with E-state index < -0.39 is 30.3 Å². The van der Waals surface area contributed by atoms with Crippen molar-refractivity contribution in [3.05, 3.63) is 90.2 Å². The molecular formula is C22H17FN2O4. The molecule has 0 bridgehead atoms. The van der Waals surface area contributed by atoms with Gasteiger partial charge >= 0.3 is 12.0 Å². The molecule has 0 aliphatic rings. The maximum absolute atomic E-state index is 13.5. The number of rotatable bonds is 5. The van der Waals surface area contributed by atoms with Crippen LogP contribution in [0, 0.1) is 5.82 Å². The predicted octanol–water partition coefficient (Wildman–Crippen LogP) is 4.00. The van der Waals surface area contributed by atoms with Gasteiger partial charge in [-0.1, -0.05) is 60.7 Å². The van der Waals surface area contributed by atoms with Crippen molar-refractivity contribution in [3.8, 4) is 11.1 Å². The molecule has 0 fully saturated rings. The monoisotopic (exact) mass is 392 g/mol. The first-order chi connectivity index (χ1) is 14.0. The second-order valence-corrected chi connectivity index (χ2v) is 5.97. The summed E-state index contributed by atoms with van der Waals surface area (Å²) in [6.07, 6.45) is 0. The molecule has 2 N–H and O–H groups in total. The van der Waals surface area contributed by atoms with Crippen LogP contribution in [0.2, 0.25) is 0 Å². The lowest BCUT2D eigenvalue weighted by atomic mass is 10.00. The number of benzene rings is 3. The van der Waals surface area contributed by atoms with Gasteiger partial charge in [-0.3, -0.25) is 10.1 Å². The minimum Gasteiger partial charge on any atom is -0.452 e. The quantitative estimate of drug-likeness (QED) is 0.643. The number of hydrogen-bond acceptors (Lipinski definition) is 4. The summed E-state index contributed by atoms with van der Waals surface area (Å²) in [6, 6.07) is 20.7. The van der Waals surface area contributed by atoms with Crippen LogP contribution in [-0.4, -0.2) is 24.5 Å². The number of para-hydroxylation sites is 1. The lowest BCUT2D eigenvalue weighted by molar-refractivity contribution is -0.123. The van der Waals surface area contributed by atoms with Gasteiger partial charge in [-0.25, -0.2) is 14.0 Å². The predicted molar refractivity (Wildman–Crippen MR) is 106 cm³/mol. The maximum Gasteiger partial charge on any atom is 0.339 e. The van der Waals surface area contributed by atoms with Crippen molar-refractivity contribution in [1.29, 1.82) is 0 Å². The van der Waals surface area contributed by atoms with Gasteiger partial charge in [-0.05, 0) is 29.3 Å². The van der Waals surface area contributed by atoms with Crippen LogP contribution in [0.4, 0.5) is 14.9 Å². The van der Waals surface area contributed by atoms with Crippen molar-refractivity contribution < 1.29 is 23.5 Å². The Morgan fingerprint density at radius 1 is 0.828 bits per heavy atom. The zero-order chi connectivity index (χ0) is 20.6. The molecule has 0 heterocycles. The van der Waals surface area contributed by atoms with E-state index in [0.717, 1.165) is 5.56 Å². The van der Waals surface area contributed by atoms with Gasteiger partial charge < -0.3 is 10.1 Å². The zero-order valence-corrected chi connectivity index (χ0v) is 15.2. The van der Waals surface area contributed by atoms with Gasteiger partial charge in [0.05, 0.1) is 11.3 Å². The Labute approximate surface area is 166 Å². The van der Waals surface area contributed by atoms with Crippen LogP contribution in [0.25, 0.3) is 11.1 Å². The number of imide groups is 1. The highest BCUT2D eigenvalue weighted by Crippen LogP contribution is 2.23. The number of amides is 3. The molecule has 0 spiro atoms. The maximum atomic E-state index is 13.5. The van der Waals surface area contributed by atoms with Crippen LogP contribution in [0.5, 0.6) is 0 Å². The fraction of sp³-hybridized carbons (Fsp3) is 0.0455. The number of hydrogen-bond donors (Lipinski definition) is 2. The summed E-state index contributed by atoms with van der Waals surface area (Å²) in [5.74, 6) is -2.18. The van der Waals surface area contributed by atoms with Gasteiger partial charge in [0.2, 0.25) is 0 Å². The van der Waals surface area contributed by atoms with E-state index in [1.54, 1.807) is 24.3 Å². The molecule has 3 rings (SSSR count). The average Bonchev–Trinajstić information content (AvgIpc) is 2.74. The third-order valence-electron chi connectivity index (χ3n) is 3.94. The van der Waals surface area contributed by atoms with E-state index in [4.69, 9.17) is 4.74 Å². The van der Waals surface area contributed by atoms with E-state index in [2.05, 4.69) is 5.32 Å². The molecule has 0 radical (unpaired) electrons. The molecule has 0 saturated carbocycles. The molecule has 29 heavy (non-hydrogen) atoms. The van der Waals surface area contributed by atoms with Crippen LogP contribution in [-0.2, 0) is 9.53 Å². The Hall–Kier alpha value is -4.00. The zero-order valence-electron chi connectivity index (χ0n) is 15.2. The third kappa shape index (κ3) is 5.26. The summed E-state index contributed by atoms with van der Waals surface area (Å²) in [4.78, 5) is 36.1. The highest BCUT2D eigenvalue weighted by Gasteiger charge is 2.16. The second kappa shape index (κ2) is 9.27. The van der Waals surface area contributed by atoms with E-state index in [1.165, 1.54) is 24.3 Å². The van der Waals surface area contributed by atoms with Gasteiger partial charge in [0.25, 0.3) is 5.91 Å². The van der Waals surface area contributed by atoms with Crippen LogP contribution in [0.15, 0.2) is 78.9 Å². The van der Waals surface area contributed by atoms with E-state index in [1.807, 2.05) is 35.6 Å². The Bertz CT molecular complexity index is 1040. The lowest BCUT2D eigenvalue weighted by Crippen LogP contribution is -2.37. The first-order valence-electron chi connectivity index (χ1n) is 8.71. The first kappa shape index (κ1) is 19.8. The number of urea groups is 1. The molecule has 3 aromatic rings. The molecule has 3 amide bonds. The smallest absolute Gasteiger partial charge is 0.339 e. The summed E-state index contributed by atoms with van der Waals surface area (Å²) < 4.78 is 18.5. The number of anilines is 1. The minimum atomic E-state index is -0.930. The van der Waals surface area contributed by atoms with Gasteiger partial charge in [0.1, 0.15) is 5.82 Å². The fourth-order valence-corrected chi connectivity index (χ4v) is 2.62. The topological polar surface area (TPSA) is 84.5 Å². The van der Waals surface area contributed by atoms with E-state index in [0.29, 0.717) is 11.1 Å². The number of nitrogens with one attached hydrogen (secondary N) is 2. The van der Waals surface area contributed by atoms with Gasteiger partial charge in [-0.15, -0.1) is 0 Å². The first-order valence-corrected chi connectivity index (χ1v) is 8.71. The normalized spacial score (nSPS) is 10.1. The van der Waals surface area contributed by atoms with Gasteiger partial charge in [-0.2, -0.15) is 0 Å². The molecule has 7 heteroatoms. The number of carbonyl (C=O) groups is 3. The van der Waals surface area contributed by atoms with E-state index in [-0.39, 0.29) is 5.69 Å². The molecule has 0 aromatic heterocycles. The SMILES string of the molecule is O=C(COC(=O)c1ccccc1-c1ccccc1)NC(=O)Nc1ccccc1F. The van der Waals surface area contributed by atoms with E-state index in [9.17, 15) is 18.8 Å². The van der Waals surface area contributed by atoms with Crippen molar-refractivity contribution in [2.75, 3.05) is 11.9 Å². The molecule has 146 valence electrons. The van der Waals surface area contributed by atoms with Gasteiger partial charge in [0.15, 0.2) is 6.61 Å². The number of halogens is 1. The summed E-state index contributed by atoms with van der Waals surface area (Å²) >= 11 is 0. The highest BCUT2D eigenvalue weighted by molar-refractivity contribution is 6.03. The van der Waals surface area contributed by atoms with E-state index >= 15 is 0 Å². The van der Waals surface area contributed by atoms with Crippen molar-refractivity contribution in [2.45, 2.75) is 0 Å². The summed E-state index contributed by atoms with van der Waals surface area (Å²) in [6.45, 7) is -0.660. The summed E-state index contributed by atoms with van der Waals surface area (Å²) in [5, 5.41) is 4.18. The summed E-state index contributed by atoms with van der Waals surface area (Å²) in [7, 11) is 0. The third-order valence-corrected chi connectivity index (χ3v) is 3.94. The van der Waals surface area contributed by atoms with Crippen molar-refractivity contribution in [3.63, 3.8) is 0 Å². The Morgan fingerprint density at radius 2 is 1.48 bits per heavy atom. The summed E-state index contributed by atoms with van der Waals surface area (Å²) in [5.41, 5.74) is 1.71. The molecule has 0 aliphatic carbocycles. The van der Waals surface area contributed by atoms with Crippen molar-refractivity contribution >= 4 is 23.6 Å². The molecule has 3 aromatic carbocycles. The van der Waals surface area contributed by atoms with Crippen LogP contribution in [0.1, 0.15) is 10.4 Å². The van der Waals surface area contributed by atoms with Crippen molar-refractivity contribution in [2.24, 2.45) is 0 Å². The second-order valence-electron chi connectivity index (χ2n) is 5.97. The molecule has 0 aliphatic heterocycles. The number of ether oxygens (including phenoxy) is 1.